The molecule has 1 aromatic heterocycles. The smallest absolute Gasteiger partial charge is 0.131 e. The standard InChI is InChI=1S/C17H24BrN3/c1-4-6-10-21-15(7-5-2)20-16(17(21)19)13-9-8-12(3)11-14(13)18/h8-9,11H,4-7,10,19H2,1-3H3. The number of benzene rings is 1. The van der Waals surface area contributed by atoms with Gasteiger partial charge in [0, 0.05) is 23.0 Å². The van der Waals surface area contributed by atoms with Crippen molar-refractivity contribution in [3.8, 4) is 11.3 Å². The fourth-order valence-electron chi connectivity index (χ4n) is 2.50. The van der Waals surface area contributed by atoms with E-state index in [9.17, 15) is 0 Å². The van der Waals surface area contributed by atoms with Crippen molar-refractivity contribution in [2.45, 2.75) is 53.0 Å². The predicted molar refractivity (Wildman–Crippen MR) is 93.4 cm³/mol. The second-order valence-corrected chi connectivity index (χ2v) is 6.35. The lowest BCUT2D eigenvalue weighted by atomic mass is 10.1. The summed E-state index contributed by atoms with van der Waals surface area (Å²) in [5, 5.41) is 0. The molecular weight excluding hydrogens is 326 g/mol. The van der Waals surface area contributed by atoms with Gasteiger partial charge >= 0.3 is 0 Å². The first-order valence-electron chi connectivity index (χ1n) is 7.69. The molecule has 0 aliphatic rings. The van der Waals surface area contributed by atoms with Crippen LogP contribution in [0.3, 0.4) is 0 Å². The number of hydrogen-bond donors (Lipinski definition) is 1. The topological polar surface area (TPSA) is 43.8 Å². The molecule has 0 radical (unpaired) electrons. The summed E-state index contributed by atoms with van der Waals surface area (Å²) >= 11 is 3.64. The molecule has 21 heavy (non-hydrogen) atoms. The number of anilines is 1. The average Bonchev–Trinajstić information content (AvgIpc) is 2.74. The molecule has 114 valence electrons. The number of aromatic nitrogens is 2. The van der Waals surface area contributed by atoms with E-state index in [0.29, 0.717) is 0 Å². The zero-order valence-electron chi connectivity index (χ0n) is 13.1. The molecule has 2 aromatic rings. The zero-order valence-corrected chi connectivity index (χ0v) is 14.7. The van der Waals surface area contributed by atoms with Crippen LogP contribution in [0.5, 0.6) is 0 Å². The summed E-state index contributed by atoms with van der Waals surface area (Å²) in [5.41, 5.74) is 9.60. The van der Waals surface area contributed by atoms with E-state index in [1.54, 1.807) is 0 Å². The molecule has 0 aliphatic heterocycles. The molecule has 0 atom stereocenters. The molecule has 0 aliphatic carbocycles. The summed E-state index contributed by atoms with van der Waals surface area (Å²) in [7, 11) is 0. The maximum atomic E-state index is 6.39. The SMILES string of the molecule is CCCCn1c(CCC)nc(-c2ccc(C)cc2Br)c1N. The van der Waals surface area contributed by atoms with Crippen molar-refractivity contribution >= 4 is 21.7 Å². The number of nitrogen functional groups attached to an aromatic ring is 1. The highest BCUT2D eigenvalue weighted by Crippen LogP contribution is 2.33. The maximum Gasteiger partial charge on any atom is 0.131 e. The molecule has 2 N–H and O–H groups in total. The van der Waals surface area contributed by atoms with Gasteiger partial charge in [-0.1, -0.05) is 48.3 Å². The minimum Gasteiger partial charge on any atom is -0.383 e. The van der Waals surface area contributed by atoms with E-state index in [0.717, 1.165) is 59.6 Å². The molecule has 3 nitrogen and oxygen atoms in total. The highest BCUT2D eigenvalue weighted by Gasteiger charge is 2.17. The fourth-order valence-corrected chi connectivity index (χ4v) is 3.19. The molecule has 1 heterocycles. The van der Waals surface area contributed by atoms with E-state index in [1.807, 2.05) is 0 Å². The maximum absolute atomic E-state index is 6.39. The van der Waals surface area contributed by atoms with Crippen LogP contribution in [0.1, 0.15) is 44.5 Å². The first-order chi connectivity index (χ1) is 10.1. The van der Waals surface area contributed by atoms with Gasteiger partial charge in [0.15, 0.2) is 0 Å². The van der Waals surface area contributed by atoms with Crippen molar-refractivity contribution in [1.82, 2.24) is 9.55 Å². The Labute approximate surface area is 135 Å². The lowest BCUT2D eigenvalue weighted by Gasteiger charge is -2.09. The van der Waals surface area contributed by atoms with E-state index >= 15 is 0 Å². The molecule has 2 rings (SSSR count). The number of imidazole rings is 1. The quantitative estimate of drug-likeness (QED) is 0.801. The van der Waals surface area contributed by atoms with Gasteiger partial charge in [-0.15, -0.1) is 0 Å². The summed E-state index contributed by atoms with van der Waals surface area (Å²) in [6, 6.07) is 6.31. The van der Waals surface area contributed by atoms with Crippen LogP contribution in [0.25, 0.3) is 11.3 Å². The van der Waals surface area contributed by atoms with Gasteiger partial charge in [-0.2, -0.15) is 0 Å². The fraction of sp³-hybridized carbons (Fsp3) is 0.471. The minimum atomic E-state index is 0.788. The van der Waals surface area contributed by atoms with Crippen molar-refractivity contribution in [2.75, 3.05) is 5.73 Å². The summed E-state index contributed by atoms with van der Waals surface area (Å²) in [6.45, 7) is 7.41. The highest BCUT2D eigenvalue weighted by molar-refractivity contribution is 9.10. The van der Waals surface area contributed by atoms with Gasteiger partial charge in [0.2, 0.25) is 0 Å². The summed E-state index contributed by atoms with van der Waals surface area (Å²) in [6.07, 6.45) is 4.34. The third-order valence-corrected chi connectivity index (χ3v) is 4.33. The largest absolute Gasteiger partial charge is 0.383 e. The Morgan fingerprint density at radius 3 is 2.62 bits per heavy atom. The van der Waals surface area contributed by atoms with E-state index in [2.05, 4.69) is 59.5 Å². The van der Waals surface area contributed by atoms with E-state index in [-0.39, 0.29) is 0 Å². The van der Waals surface area contributed by atoms with Crippen molar-refractivity contribution in [1.29, 1.82) is 0 Å². The zero-order chi connectivity index (χ0) is 15.4. The van der Waals surface area contributed by atoms with Crippen LogP contribution in [0, 0.1) is 6.92 Å². The Bertz CT molecular complexity index is 617. The van der Waals surface area contributed by atoms with Crippen molar-refractivity contribution in [3.05, 3.63) is 34.1 Å². The van der Waals surface area contributed by atoms with E-state index in [4.69, 9.17) is 10.7 Å². The second-order valence-electron chi connectivity index (χ2n) is 5.50. The Hall–Kier alpha value is -1.29. The molecule has 0 fully saturated rings. The average molecular weight is 350 g/mol. The third-order valence-electron chi connectivity index (χ3n) is 3.67. The van der Waals surface area contributed by atoms with Crippen LogP contribution >= 0.6 is 15.9 Å². The molecule has 0 unspecified atom stereocenters. The molecule has 0 saturated heterocycles. The first kappa shape index (κ1) is 16.1. The van der Waals surface area contributed by atoms with Gasteiger partial charge in [-0.25, -0.2) is 4.98 Å². The van der Waals surface area contributed by atoms with Crippen LogP contribution in [0.4, 0.5) is 5.82 Å². The van der Waals surface area contributed by atoms with Crippen molar-refractivity contribution in [3.63, 3.8) is 0 Å². The van der Waals surface area contributed by atoms with Crippen LogP contribution < -0.4 is 5.73 Å². The molecule has 0 amide bonds. The molecule has 0 spiro atoms. The lowest BCUT2D eigenvalue weighted by molar-refractivity contribution is 0.604. The number of rotatable bonds is 6. The monoisotopic (exact) mass is 349 g/mol. The van der Waals surface area contributed by atoms with Crippen LogP contribution in [0.2, 0.25) is 0 Å². The number of nitrogens with zero attached hydrogens (tertiary/aromatic N) is 2. The molecule has 0 saturated carbocycles. The summed E-state index contributed by atoms with van der Waals surface area (Å²) in [4.78, 5) is 4.82. The number of nitrogens with two attached hydrogens (primary N) is 1. The van der Waals surface area contributed by atoms with Crippen LogP contribution in [0.15, 0.2) is 22.7 Å². The predicted octanol–water partition coefficient (Wildman–Crippen LogP) is 4.96. The third kappa shape index (κ3) is 3.49. The normalized spacial score (nSPS) is 11.0. The molecule has 4 heteroatoms. The number of hydrogen-bond acceptors (Lipinski definition) is 2. The van der Waals surface area contributed by atoms with Gasteiger partial charge in [0.1, 0.15) is 17.3 Å². The van der Waals surface area contributed by atoms with Crippen molar-refractivity contribution < 1.29 is 0 Å². The van der Waals surface area contributed by atoms with Gasteiger partial charge in [-0.3, -0.25) is 0 Å². The number of aryl methyl sites for hydroxylation is 2. The summed E-state index contributed by atoms with van der Waals surface area (Å²) < 4.78 is 3.24. The Morgan fingerprint density at radius 2 is 2.00 bits per heavy atom. The van der Waals surface area contributed by atoms with Gasteiger partial charge < -0.3 is 10.3 Å². The second kappa shape index (κ2) is 7.12. The molecular formula is C17H24BrN3. The summed E-state index contributed by atoms with van der Waals surface area (Å²) in [5.74, 6) is 1.89. The first-order valence-corrected chi connectivity index (χ1v) is 8.49. The van der Waals surface area contributed by atoms with Gasteiger partial charge in [0.25, 0.3) is 0 Å². The number of unbranched alkanes of at least 4 members (excludes halogenated alkanes) is 1. The Kier molecular flexibility index (Phi) is 5.45. The number of halogens is 1. The van der Waals surface area contributed by atoms with E-state index < -0.39 is 0 Å². The van der Waals surface area contributed by atoms with Crippen LogP contribution in [-0.2, 0) is 13.0 Å². The molecule has 0 bridgehead atoms. The van der Waals surface area contributed by atoms with Gasteiger partial charge in [-0.05, 0) is 31.4 Å². The van der Waals surface area contributed by atoms with Gasteiger partial charge in [0.05, 0.1) is 0 Å². The molecule has 1 aromatic carbocycles. The Balaban J connectivity index is 2.48. The highest BCUT2D eigenvalue weighted by atomic mass is 79.9. The Morgan fingerprint density at radius 1 is 1.24 bits per heavy atom. The minimum absolute atomic E-state index is 0.788. The van der Waals surface area contributed by atoms with Crippen molar-refractivity contribution in [2.24, 2.45) is 0 Å². The van der Waals surface area contributed by atoms with E-state index in [1.165, 1.54) is 5.56 Å². The lowest BCUT2D eigenvalue weighted by Crippen LogP contribution is -2.07. The van der Waals surface area contributed by atoms with Crippen LogP contribution in [-0.4, -0.2) is 9.55 Å².